The van der Waals surface area contributed by atoms with Gasteiger partial charge in [-0.1, -0.05) is 30.4 Å². The molecule has 0 spiro atoms. The van der Waals surface area contributed by atoms with Gasteiger partial charge >= 0.3 is 0 Å². The van der Waals surface area contributed by atoms with Crippen LogP contribution in [-0.4, -0.2) is 28.6 Å². The van der Waals surface area contributed by atoms with Crippen LogP contribution in [0.25, 0.3) is 11.0 Å². The van der Waals surface area contributed by atoms with Crippen molar-refractivity contribution in [3.63, 3.8) is 0 Å². The number of benzene rings is 2. The van der Waals surface area contributed by atoms with E-state index in [9.17, 15) is 18.8 Å². The summed E-state index contributed by atoms with van der Waals surface area (Å²) in [6, 6.07) is 9.24. The number of nitrogens with two attached hydrogens (primary N) is 1. The van der Waals surface area contributed by atoms with E-state index < -0.39 is 29.1 Å². The minimum Gasteiger partial charge on any atom is -0.484 e. The lowest BCUT2D eigenvalue weighted by Crippen LogP contribution is -2.29. The summed E-state index contributed by atoms with van der Waals surface area (Å²) in [6.45, 7) is 1.72. The molecule has 0 radical (unpaired) electrons. The molecule has 0 fully saturated rings. The summed E-state index contributed by atoms with van der Waals surface area (Å²) in [6.07, 6.45) is 1.56. The van der Waals surface area contributed by atoms with Crippen LogP contribution in [0.4, 0.5) is 9.52 Å². The Morgan fingerprint density at radius 1 is 1.20 bits per heavy atom. The number of hydrogen-bond acceptors (Lipinski definition) is 8. The van der Waals surface area contributed by atoms with Crippen LogP contribution in [0.2, 0.25) is 0 Å². The predicted molar refractivity (Wildman–Crippen MR) is 126 cm³/mol. The summed E-state index contributed by atoms with van der Waals surface area (Å²) in [5.74, 6) is -1.49. The highest BCUT2D eigenvalue weighted by atomic mass is 32.1. The van der Waals surface area contributed by atoms with Gasteiger partial charge in [0, 0.05) is 6.42 Å². The zero-order valence-corrected chi connectivity index (χ0v) is 19.3. The highest BCUT2D eigenvalue weighted by Gasteiger charge is 2.45. The van der Waals surface area contributed by atoms with Crippen molar-refractivity contribution in [2.45, 2.75) is 25.8 Å². The Morgan fingerprint density at radius 2 is 1.97 bits per heavy atom. The van der Waals surface area contributed by atoms with E-state index in [1.807, 2.05) is 6.92 Å². The Balaban J connectivity index is 1.67. The van der Waals surface area contributed by atoms with Crippen molar-refractivity contribution in [3.05, 3.63) is 80.4 Å². The first-order valence-corrected chi connectivity index (χ1v) is 11.6. The van der Waals surface area contributed by atoms with Gasteiger partial charge in [-0.15, -0.1) is 10.2 Å². The number of primary amides is 1. The molecule has 0 saturated carbocycles. The number of aromatic nitrogens is 2. The fourth-order valence-corrected chi connectivity index (χ4v) is 4.98. The lowest BCUT2D eigenvalue weighted by atomic mass is 9.98. The first-order chi connectivity index (χ1) is 16.9. The average Bonchev–Trinajstić information content (AvgIpc) is 3.41. The van der Waals surface area contributed by atoms with Crippen LogP contribution in [0.15, 0.2) is 51.7 Å². The molecule has 2 N–H and O–H groups in total. The second kappa shape index (κ2) is 8.91. The van der Waals surface area contributed by atoms with E-state index in [0.717, 1.165) is 17.5 Å². The lowest BCUT2D eigenvalue weighted by molar-refractivity contribution is -0.119. The fraction of sp³-hybridized carbons (Fsp3) is 0.208. The Labute approximate surface area is 201 Å². The van der Waals surface area contributed by atoms with E-state index in [2.05, 4.69) is 10.2 Å². The molecule has 2 aromatic heterocycles. The van der Waals surface area contributed by atoms with Crippen LogP contribution in [0.1, 0.15) is 46.1 Å². The van der Waals surface area contributed by atoms with Crippen LogP contribution in [-0.2, 0) is 11.2 Å². The first kappa shape index (κ1) is 22.7. The number of amides is 2. The molecule has 0 aliphatic carbocycles. The third kappa shape index (κ3) is 4.03. The number of aryl methyl sites for hydroxylation is 1. The Kier molecular flexibility index (Phi) is 5.77. The van der Waals surface area contributed by atoms with Crippen molar-refractivity contribution < 1.29 is 23.1 Å². The number of nitrogens with zero attached hydrogens (tertiary/aromatic N) is 3. The van der Waals surface area contributed by atoms with Crippen molar-refractivity contribution in [2.24, 2.45) is 5.73 Å². The molecule has 9 nitrogen and oxygen atoms in total. The molecule has 4 aromatic rings. The van der Waals surface area contributed by atoms with Crippen LogP contribution >= 0.6 is 11.3 Å². The summed E-state index contributed by atoms with van der Waals surface area (Å²) < 4.78 is 25.1. The van der Waals surface area contributed by atoms with Gasteiger partial charge in [-0.25, -0.2) is 4.39 Å². The van der Waals surface area contributed by atoms with Crippen molar-refractivity contribution in [3.8, 4) is 5.75 Å². The van der Waals surface area contributed by atoms with E-state index in [4.69, 9.17) is 14.9 Å². The zero-order chi connectivity index (χ0) is 24.7. The van der Waals surface area contributed by atoms with Gasteiger partial charge in [0.2, 0.25) is 10.9 Å². The zero-order valence-electron chi connectivity index (χ0n) is 18.5. The molecular formula is C24H19FN4O5S. The molecule has 2 amide bonds. The smallest absolute Gasteiger partial charge is 0.297 e. The highest BCUT2D eigenvalue weighted by Crippen LogP contribution is 2.42. The minimum atomic E-state index is -0.881. The molecule has 11 heteroatoms. The SMILES string of the molecule is CCCc1nnc(N2C(=O)c3oc4ccc(F)cc4c(=O)c3C2c2ccc(OCC(N)=O)cc2)s1. The molecule has 3 heterocycles. The largest absolute Gasteiger partial charge is 0.484 e. The fourth-order valence-electron chi connectivity index (χ4n) is 4.02. The Morgan fingerprint density at radius 3 is 2.69 bits per heavy atom. The summed E-state index contributed by atoms with van der Waals surface area (Å²) in [4.78, 5) is 39.4. The van der Waals surface area contributed by atoms with Crippen molar-refractivity contribution in [1.29, 1.82) is 0 Å². The molecule has 5 rings (SSSR count). The topological polar surface area (TPSA) is 129 Å². The van der Waals surface area contributed by atoms with Gasteiger partial charge < -0.3 is 14.9 Å². The summed E-state index contributed by atoms with van der Waals surface area (Å²) in [5, 5.41) is 9.48. The highest BCUT2D eigenvalue weighted by molar-refractivity contribution is 7.15. The second-order valence-electron chi connectivity index (χ2n) is 7.94. The van der Waals surface area contributed by atoms with Crippen molar-refractivity contribution in [2.75, 3.05) is 11.5 Å². The quantitative estimate of drug-likeness (QED) is 0.417. The molecule has 1 aliphatic rings. The Hall–Kier alpha value is -4.12. The van der Waals surface area contributed by atoms with Gasteiger partial charge in [-0.3, -0.25) is 19.3 Å². The number of hydrogen-bond donors (Lipinski definition) is 1. The maximum atomic E-state index is 13.9. The number of anilines is 1. The van der Waals surface area contributed by atoms with Gasteiger partial charge in [0.1, 0.15) is 22.2 Å². The molecule has 1 atom stereocenters. The van der Waals surface area contributed by atoms with Gasteiger partial charge in [0.15, 0.2) is 12.0 Å². The lowest BCUT2D eigenvalue weighted by Gasteiger charge is -2.22. The molecule has 35 heavy (non-hydrogen) atoms. The predicted octanol–water partition coefficient (Wildman–Crippen LogP) is 3.35. The maximum absolute atomic E-state index is 13.9. The van der Waals surface area contributed by atoms with E-state index in [1.54, 1.807) is 24.3 Å². The van der Waals surface area contributed by atoms with Gasteiger partial charge in [0.05, 0.1) is 17.0 Å². The Bertz CT molecular complexity index is 1510. The summed E-state index contributed by atoms with van der Waals surface area (Å²) >= 11 is 1.26. The van der Waals surface area contributed by atoms with Crippen LogP contribution in [0.3, 0.4) is 0 Å². The van der Waals surface area contributed by atoms with Gasteiger partial charge in [-0.2, -0.15) is 0 Å². The third-order valence-corrected chi connectivity index (χ3v) is 6.52. The average molecular weight is 495 g/mol. The van der Waals surface area contributed by atoms with Crippen molar-refractivity contribution in [1.82, 2.24) is 10.2 Å². The van der Waals surface area contributed by atoms with Gasteiger partial charge in [0.25, 0.3) is 11.8 Å². The molecule has 0 bridgehead atoms. The molecule has 2 aromatic carbocycles. The van der Waals surface area contributed by atoms with E-state index in [-0.39, 0.29) is 28.9 Å². The van der Waals surface area contributed by atoms with E-state index in [1.165, 1.54) is 28.4 Å². The minimum absolute atomic E-state index is 0.0359. The summed E-state index contributed by atoms with van der Waals surface area (Å²) in [7, 11) is 0. The number of rotatable bonds is 7. The van der Waals surface area contributed by atoms with Gasteiger partial charge in [-0.05, 0) is 42.3 Å². The van der Waals surface area contributed by atoms with Crippen LogP contribution in [0, 0.1) is 5.82 Å². The standard InChI is InChI=1S/C24H19FN4O5S/c1-2-3-18-27-28-24(35-18)29-20(12-4-7-14(8-5-12)33-11-17(26)30)19-21(31)15-10-13(25)6-9-16(15)34-22(19)23(29)32/h4-10,20H,2-3,11H2,1H3,(H2,26,30). The molecule has 1 aliphatic heterocycles. The van der Waals surface area contributed by atoms with E-state index >= 15 is 0 Å². The van der Waals surface area contributed by atoms with Crippen molar-refractivity contribution >= 4 is 39.3 Å². The van der Waals surface area contributed by atoms with Crippen LogP contribution in [0.5, 0.6) is 5.75 Å². The van der Waals surface area contributed by atoms with E-state index in [0.29, 0.717) is 22.9 Å². The normalized spacial score (nSPS) is 15.0. The third-order valence-electron chi connectivity index (χ3n) is 5.54. The molecular weight excluding hydrogens is 475 g/mol. The monoisotopic (exact) mass is 494 g/mol. The first-order valence-electron chi connectivity index (χ1n) is 10.8. The molecule has 0 saturated heterocycles. The molecule has 178 valence electrons. The summed E-state index contributed by atoms with van der Waals surface area (Å²) in [5.41, 5.74) is 5.39. The molecule has 1 unspecified atom stereocenters. The maximum Gasteiger partial charge on any atom is 0.297 e. The number of carbonyl (C=O) groups excluding carboxylic acids is 2. The number of fused-ring (bicyclic) bond motifs is 2. The second-order valence-corrected chi connectivity index (χ2v) is 8.99. The number of halogens is 1. The number of ether oxygens (including phenoxy) is 1. The van der Waals surface area contributed by atoms with Crippen LogP contribution < -0.4 is 20.8 Å². The number of carbonyl (C=O) groups is 2.